The third kappa shape index (κ3) is 1.33. The van der Waals surface area contributed by atoms with Gasteiger partial charge >= 0.3 is 0 Å². The molecule has 3 nitrogen and oxygen atoms in total. The standard InChI is InChI=1S/C13H13N3/c1-8-9(2)15-13(14-8)12-7-10-5-3-4-6-11(10)16-12/h3-7,16H,1-2H3,(H,14,15). The van der Waals surface area contributed by atoms with Gasteiger partial charge in [0, 0.05) is 16.6 Å². The van der Waals surface area contributed by atoms with Crippen molar-refractivity contribution in [1.29, 1.82) is 0 Å². The molecule has 2 aromatic heterocycles. The highest BCUT2D eigenvalue weighted by Crippen LogP contribution is 2.22. The van der Waals surface area contributed by atoms with Crippen LogP contribution in [-0.2, 0) is 0 Å². The normalized spacial score (nSPS) is 11.1. The minimum absolute atomic E-state index is 0.909. The van der Waals surface area contributed by atoms with Crippen LogP contribution in [0.1, 0.15) is 11.4 Å². The Labute approximate surface area is 93.5 Å². The maximum Gasteiger partial charge on any atom is 0.154 e. The van der Waals surface area contributed by atoms with Crippen LogP contribution in [0.3, 0.4) is 0 Å². The van der Waals surface area contributed by atoms with Gasteiger partial charge in [-0.2, -0.15) is 0 Å². The highest BCUT2D eigenvalue weighted by atomic mass is 15.0. The lowest BCUT2D eigenvalue weighted by Crippen LogP contribution is -1.79. The number of aromatic nitrogens is 3. The largest absolute Gasteiger partial charge is 0.352 e. The van der Waals surface area contributed by atoms with Gasteiger partial charge in [0.05, 0.1) is 11.4 Å². The number of benzene rings is 1. The van der Waals surface area contributed by atoms with Crippen molar-refractivity contribution in [3.63, 3.8) is 0 Å². The maximum absolute atomic E-state index is 4.49. The topological polar surface area (TPSA) is 44.5 Å². The smallest absolute Gasteiger partial charge is 0.154 e. The lowest BCUT2D eigenvalue weighted by molar-refractivity contribution is 1.22. The zero-order valence-electron chi connectivity index (χ0n) is 9.33. The van der Waals surface area contributed by atoms with E-state index in [2.05, 4.69) is 33.2 Å². The number of rotatable bonds is 1. The van der Waals surface area contributed by atoms with Crippen molar-refractivity contribution in [2.45, 2.75) is 13.8 Å². The molecule has 0 spiro atoms. The summed E-state index contributed by atoms with van der Waals surface area (Å²) in [7, 11) is 0. The molecule has 0 amide bonds. The maximum atomic E-state index is 4.49. The molecule has 0 bridgehead atoms. The second kappa shape index (κ2) is 3.23. The molecule has 3 aromatic rings. The molecule has 0 fully saturated rings. The van der Waals surface area contributed by atoms with E-state index in [-0.39, 0.29) is 0 Å². The first-order chi connectivity index (χ1) is 7.74. The van der Waals surface area contributed by atoms with E-state index in [9.17, 15) is 0 Å². The molecule has 3 heteroatoms. The van der Waals surface area contributed by atoms with Gasteiger partial charge in [-0.3, -0.25) is 0 Å². The molecule has 1 aromatic carbocycles. The van der Waals surface area contributed by atoms with Crippen LogP contribution in [-0.4, -0.2) is 15.0 Å². The summed E-state index contributed by atoms with van der Waals surface area (Å²) >= 11 is 0. The summed E-state index contributed by atoms with van der Waals surface area (Å²) in [4.78, 5) is 11.1. The van der Waals surface area contributed by atoms with Crippen molar-refractivity contribution < 1.29 is 0 Å². The van der Waals surface area contributed by atoms with Gasteiger partial charge in [0.15, 0.2) is 5.82 Å². The van der Waals surface area contributed by atoms with Crippen molar-refractivity contribution in [1.82, 2.24) is 15.0 Å². The first-order valence-corrected chi connectivity index (χ1v) is 5.35. The first-order valence-electron chi connectivity index (χ1n) is 5.35. The number of aromatic amines is 2. The Morgan fingerprint density at radius 3 is 2.56 bits per heavy atom. The second-order valence-corrected chi connectivity index (χ2v) is 4.07. The van der Waals surface area contributed by atoms with Crippen LogP contribution >= 0.6 is 0 Å². The number of imidazole rings is 1. The molecule has 80 valence electrons. The van der Waals surface area contributed by atoms with E-state index >= 15 is 0 Å². The quantitative estimate of drug-likeness (QED) is 0.638. The molecule has 0 unspecified atom stereocenters. The molecule has 0 aliphatic rings. The summed E-state index contributed by atoms with van der Waals surface area (Å²) in [5.74, 6) is 0.909. The van der Waals surface area contributed by atoms with E-state index in [1.54, 1.807) is 0 Å². The molecule has 0 saturated heterocycles. The number of H-pyrrole nitrogens is 2. The fourth-order valence-corrected chi connectivity index (χ4v) is 1.88. The zero-order valence-corrected chi connectivity index (χ0v) is 9.33. The molecule has 0 aliphatic carbocycles. The summed E-state index contributed by atoms with van der Waals surface area (Å²) in [5.41, 5.74) is 4.35. The molecule has 0 atom stereocenters. The monoisotopic (exact) mass is 211 g/mol. The molecule has 0 aliphatic heterocycles. The summed E-state index contributed by atoms with van der Waals surface area (Å²) < 4.78 is 0. The Kier molecular flexibility index (Phi) is 1.86. The van der Waals surface area contributed by atoms with E-state index in [0.717, 1.165) is 28.4 Å². The van der Waals surface area contributed by atoms with Gasteiger partial charge in [-0.25, -0.2) is 4.98 Å². The number of hydrogen-bond acceptors (Lipinski definition) is 1. The highest BCUT2D eigenvalue weighted by molar-refractivity contribution is 5.84. The number of fused-ring (bicyclic) bond motifs is 1. The number of nitrogens with one attached hydrogen (secondary N) is 2. The minimum atomic E-state index is 0.909. The van der Waals surface area contributed by atoms with Crippen LogP contribution in [0.5, 0.6) is 0 Å². The first kappa shape index (κ1) is 9.21. The van der Waals surface area contributed by atoms with E-state index in [0.29, 0.717) is 0 Å². The zero-order chi connectivity index (χ0) is 11.1. The van der Waals surface area contributed by atoms with Gasteiger partial charge in [-0.15, -0.1) is 0 Å². The molecule has 0 saturated carbocycles. The predicted molar refractivity (Wildman–Crippen MR) is 65.4 cm³/mol. The Balaban J connectivity index is 2.18. The van der Waals surface area contributed by atoms with E-state index in [1.165, 1.54) is 5.39 Å². The fourth-order valence-electron chi connectivity index (χ4n) is 1.88. The van der Waals surface area contributed by atoms with E-state index in [4.69, 9.17) is 0 Å². The van der Waals surface area contributed by atoms with Gasteiger partial charge in [0.2, 0.25) is 0 Å². The molecular weight excluding hydrogens is 198 g/mol. The lowest BCUT2D eigenvalue weighted by Gasteiger charge is -1.89. The van der Waals surface area contributed by atoms with Crippen molar-refractivity contribution in [2.24, 2.45) is 0 Å². The van der Waals surface area contributed by atoms with Crippen LogP contribution in [0.15, 0.2) is 30.3 Å². The summed E-state index contributed by atoms with van der Waals surface area (Å²) in [6.45, 7) is 4.05. The summed E-state index contributed by atoms with van der Waals surface area (Å²) in [6.07, 6.45) is 0. The number of nitrogens with zero attached hydrogens (tertiary/aromatic N) is 1. The molecule has 2 N–H and O–H groups in total. The van der Waals surface area contributed by atoms with Crippen molar-refractivity contribution in [3.8, 4) is 11.5 Å². The SMILES string of the molecule is Cc1nc(-c2cc3ccccc3[nH]2)[nH]c1C. The molecular formula is C13H13N3. The van der Waals surface area contributed by atoms with Gasteiger partial charge in [-0.1, -0.05) is 18.2 Å². The molecule has 16 heavy (non-hydrogen) atoms. The van der Waals surface area contributed by atoms with Crippen LogP contribution in [0.2, 0.25) is 0 Å². The van der Waals surface area contributed by atoms with Gasteiger partial charge in [0.1, 0.15) is 0 Å². The lowest BCUT2D eigenvalue weighted by atomic mass is 10.2. The fraction of sp³-hybridized carbons (Fsp3) is 0.154. The Hall–Kier alpha value is -2.03. The summed E-state index contributed by atoms with van der Waals surface area (Å²) in [5, 5.41) is 1.21. The summed E-state index contributed by atoms with van der Waals surface area (Å²) in [6, 6.07) is 10.4. The highest BCUT2D eigenvalue weighted by Gasteiger charge is 2.07. The van der Waals surface area contributed by atoms with Crippen LogP contribution < -0.4 is 0 Å². The third-order valence-electron chi connectivity index (χ3n) is 2.91. The van der Waals surface area contributed by atoms with Crippen LogP contribution in [0.4, 0.5) is 0 Å². The average molecular weight is 211 g/mol. The average Bonchev–Trinajstić information content (AvgIpc) is 2.83. The van der Waals surface area contributed by atoms with Gasteiger partial charge in [-0.05, 0) is 26.0 Å². The van der Waals surface area contributed by atoms with E-state index < -0.39 is 0 Å². The number of para-hydroxylation sites is 1. The van der Waals surface area contributed by atoms with Gasteiger partial charge in [0.25, 0.3) is 0 Å². The minimum Gasteiger partial charge on any atom is -0.352 e. The Morgan fingerprint density at radius 1 is 1.06 bits per heavy atom. The van der Waals surface area contributed by atoms with Crippen molar-refractivity contribution in [2.75, 3.05) is 0 Å². The molecule has 0 radical (unpaired) electrons. The number of hydrogen-bond donors (Lipinski definition) is 2. The second-order valence-electron chi connectivity index (χ2n) is 4.07. The predicted octanol–water partition coefficient (Wildman–Crippen LogP) is 3.17. The van der Waals surface area contributed by atoms with Crippen molar-refractivity contribution >= 4 is 10.9 Å². The molecule has 2 heterocycles. The number of aryl methyl sites for hydroxylation is 2. The molecule has 3 rings (SSSR count). The Morgan fingerprint density at radius 2 is 1.88 bits per heavy atom. The van der Waals surface area contributed by atoms with Crippen LogP contribution in [0.25, 0.3) is 22.4 Å². The van der Waals surface area contributed by atoms with Crippen molar-refractivity contribution in [3.05, 3.63) is 41.7 Å². The third-order valence-corrected chi connectivity index (χ3v) is 2.91. The Bertz CT molecular complexity index is 594. The van der Waals surface area contributed by atoms with Gasteiger partial charge < -0.3 is 9.97 Å². The van der Waals surface area contributed by atoms with E-state index in [1.807, 2.05) is 26.0 Å². The van der Waals surface area contributed by atoms with Crippen LogP contribution in [0, 0.1) is 13.8 Å².